The minimum absolute atomic E-state index is 0.151. The van der Waals surface area contributed by atoms with Gasteiger partial charge in [-0.3, -0.25) is 9.59 Å². The number of rotatable bonds is 0. The summed E-state index contributed by atoms with van der Waals surface area (Å²) < 4.78 is -2.55. The van der Waals surface area contributed by atoms with Crippen LogP contribution in [0.3, 0.4) is 0 Å². The van der Waals surface area contributed by atoms with Crippen molar-refractivity contribution in [1.82, 2.24) is 0 Å². The third-order valence-corrected chi connectivity index (χ3v) is 6.10. The van der Waals surface area contributed by atoms with E-state index in [0.717, 1.165) is 19.3 Å². The van der Waals surface area contributed by atoms with Crippen molar-refractivity contribution in [3.8, 4) is 0 Å². The van der Waals surface area contributed by atoms with Crippen LogP contribution >= 0.6 is 69.6 Å². The summed E-state index contributed by atoms with van der Waals surface area (Å²) in [5, 5.41) is -0.902. The first-order valence-electron chi connectivity index (χ1n) is 6.20. The van der Waals surface area contributed by atoms with Crippen molar-refractivity contribution < 1.29 is 9.59 Å². The van der Waals surface area contributed by atoms with Crippen LogP contribution in [0.4, 0.5) is 0 Å². The molecule has 2 fully saturated rings. The van der Waals surface area contributed by atoms with Gasteiger partial charge >= 0.3 is 0 Å². The van der Waals surface area contributed by atoms with E-state index in [9.17, 15) is 9.59 Å². The predicted molar refractivity (Wildman–Crippen MR) is 85.9 cm³/mol. The lowest BCUT2D eigenvalue weighted by Crippen LogP contribution is -2.39. The fourth-order valence-corrected chi connectivity index (χ4v) is 3.62. The van der Waals surface area contributed by atoms with Crippen molar-refractivity contribution in [3.05, 3.63) is 0 Å². The quantitative estimate of drug-likeness (QED) is 0.532. The highest BCUT2D eigenvalue weighted by Gasteiger charge is 2.43. The molecule has 0 N–H and O–H groups in total. The molecule has 2 aliphatic carbocycles. The summed E-state index contributed by atoms with van der Waals surface area (Å²) >= 11 is 34.0. The first-order valence-corrected chi connectivity index (χ1v) is 8.59. The average Bonchev–Trinajstić information content (AvgIpc) is 2.34. The monoisotopic (exact) mass is 400 g/mol. The summed E-state index contributed by atoms with van der Waals surface area (Å²) in [6.45, 7) is 0. The van der Waals surface area contributed by atoms with Crippen molar-refractivity contribution >= 4 is 81.2 Å². The molecule has 0 aliphatic heterocycles. The number of hydrogen-bond donors (Lipinski definition) is 0. The van der Waals surface area contributed by atoms with Crippen LogP contribution in [-0.2, 0) is 9.59 Å². The van der Waals surface area contributed by atoms with Gasteiger partial charge < -0.3 is 0 Å². The molecule has 20 heavy (non-hydrogen) atoms. The first kappa shape index (κ1) is 19.1. The predicted octanol–water partition coefficient (Wildman–Crippen LogP) is 5.04. The highest BCUT2D eigenvalue weighted by atomic mass is 35.5. The number of halogens is 6. The molecule has 2 rings (SSSR count). The van der Waals surface area contributed by atoms with Crippen molar-refractivity contribution in [2.75, 3.05) is 0 Å². The van der Waals surface area contributed by atoms with Gasteiger partial charge in [0.05, 0.1) is 10.8 Å². The van der Waals surface area contributed by atoms with Gasteiger partial charge in [0.25, 0.3) is 0 Å². The molecule has 0 radical (unpaired) electrons. The van der Waals surface area contributed by atoms with Crippen LogP contribution in [0.2, 0.25) is 0 Å². The lowest BCUT2D eigenvalue weighted by atomic mass is 9.98. The molecule has 0 saturated heterocycles. The van der Waals surface area contributed by atoms with Crippen LogP contribution in [-0.4, -0.2) is 31.0 Å². The number of hydrogen-bond acceptors (Lipinski definition) is 2. The lowest BCUT2D eigenvalue weighted by Gasteiger charge is -2.27. The van der Waals surface area contributed by atoms with Gasteiger partial charge in [0.15, 0.2) is 20.2 Å². The van der Waals surface area contributed by atoms with E-state index in [-0.39, 0.29) is 11.6 Å². The molecule has 0 aromatic heterocycles. The Morgan fingerprint density at radius 3 is 1.95 bits per heavy atom. The molecule has 8 heteroatoms. The van der Waals surface area contributed by atoms with E-state index in [4.69, 9.17) is 69.6 Å². The van der Waals surface area contributed by atoms with Gasteiger partial charge in [0, 0.05) is 6.42 Å². The van der Waals surface area contributed by atoms with E-state index in [0.29, 0.717) is 19.3 Å². The Labute approximate surface area is 148 Å². The fourth-order valence-electron chi connectivity index (χ4n) is 1.95. The van der Waals surface area contributed by atoms with E-state index in [2.05, 4.69) is 0 Å². The zero-order valence-electron chi connectivity index (χ0n) is 10.5. The zero-order chi connectivity index (χ0) is 15.6. The van der Waals surface area contributed by atoms with Crippen molar-refractivity contribution in [2.45, 2.75) is 57.9 Å². The van der Waals surface area contributed by atoms with Gasteiger partial charge in [0.1, 0.15) is 0 Å². The Morgan fingerprint density at radius 1 is 0.950 bits per heavy atom. The molecular weight excluding hydrogens is 389 g/mol. The first-order chi connectivity index (χ1) is 9.09. The molecule has 2 nitrogen and oxygen atoms in total. The van der Waals surface area contributed by atoms with E-state index >= 15 is 0 Å². The largest absolute Gasteiger partial charge is 0.296 e. The number of carbonyl (C=O) groups excluding carboxylic acids is 2. The molecule has 2 saturated carbocycles. The van der Waals surface area contributed by atoms with Crippen molar-refractivity contribution in [2.24, 2.45) is 0 Å². The molecule has 0 amide bonds. The molecule has 2 unspecified atom stereocenters. The highest BCUT2D eigenvalue weighted by Crippen LogP contribution is 2.38. The summed E-state index contributed by atoms with van der Waals surface area (Å²) in [6, 6.07) is 0. The van der Waals surface area contributed by atoms with Gasteiger partial charge in [-0.2, -0.15) is 0 Å². The Morgan fingerprint density at radius 2 is 1.55 bits per heavy atom. The van der Waals surface area contributed by atoms with Gasteiger partial charge in [-0.1, -0.05) is 46.4 Å². The SMILES string of the molecule is O=C1C(Cl)CCCC1(Cl)Cl.O=C1CCCC(Cl)C1(Cl)Cl. The van der Waals surface area contributed by atoms with Gasteiger partial charge in [-0.25, -0.2) is 0 Å². The second-order valence-corrected chi connectivity index (χ2v) is 8.76. The van der Waals surface area contributed by atoms with E-state index in [1.807, 2.05) is 0 Å². The van der Waals surface area contributed by atoms with Crippen molar-refractivity contribution in [3.63, 3.8) is 0 Å². The molecule has 2 aliphatic rings. The lowest BCUT2D eigenvalue weighted by molar-refractivity contribution is -0.121. The van der Waals surface area contributed by atoms with Crippen LogP contribution in [0.15, 0.2) is 0 Å². The normalized spacial score (nSPS) is 32.3. The smallest absolute Gasteiger partial charge is 0.192 e. The molecule has 0 aromatic rings. The Kier molecular flexibility index (Phi) is 7.24. The summed E-state index contributed by atoms with van der Waals surface area (Å²) in [5.41, 5.74) is 0. The highest BCUT2D eigenvalue weighted by molar-refractivity contribution is 6.62. The standard InChI is InChI=1S/2C6H7Cl3O/c7-4-2-1-3-6(8,9)5(4)10;7-4-2-1-3-5(10)6(4,8)9/h2*4H,1-3H2. The minimum atomic E-state index is -1.33. The maximum atomic E-state index is 11.1. The summed E-state index contributed by atoms with van der Waals surface area (Å²) in [4.78, 5) is 22.0. The van der Waals surface area contributed by atoms with Crippen LogP contribution in [0.1, 0.15) is 38.5 Å². The average molecular weight is 403 g/mol. The number of carbonyl (C=O) groups is 2. The fraction of sp³-hybridized carbons (Fsp3) is 0.833. The third kappa shape index (κ3) is 4.79. The van der Waals surface area contributed by atoms with Gasteiger partial charge in [-0.05, 0) is 32.1 Å². The Balaban J connectivity index is 0.000000200. The van der Waals surface area contributed by atoms with E-state index < -0.39 is 19.4 Å². The molecule has 2 atom stereocenters. The summed E-state index contributed by atoms with van der Waals surface area (Å²) in [5.74, 6) is -0.397. The second-order valence-electron chi connectivity index (χ2n) is 4.83. The summed E-state index contributed by atoms with van der Waals surface area (Å²) in [7, 11) is 0. The topological polar surface area (TPSA) is 34.1 Å². The number of alkyl halides is 6. The van der Waals surface area contributed by atoms with Gasteiger partial charge in [-0.15, -0.1) is 23.2 Å². The van der Waals surface area contributed by atoms with Crippen molar-refractivity contribution in [1.29, 1.82) is 0 Å². The van der Waals surface area contributed by atoms with Crippen LogP contribution in [0.25, 0.3) is 0 Å². The molecule has 116 valence electrons. The molecule has 0 spiro atoms. The maximum Gasteiger partial charge on any atom is 0.192 e. The molecule has 0 aromatic carbocycles. The third-order valence-electron chi connectivity index (χ3n) is 3.22. The van der Waals surface area contributed by atoms with Crippen LogP contribution < -0.4 is 0 Å². The Hall–Kier alpha value is 1.08. The molecule has 0 bridgehead atoms. The number of ketones is 2. The zero-order valence-corrected chi connectivity index (χ0v) is 15.0. The molecule has 0 heterocycles. The van der Waals surface area contributed by atoms with Crippen LogP contribution in [0.5, 0.6) is 0 Å². The van der Waals surface area contributed by atoms with Gasteiger partial charge in [0.2, 0.25) is 0 Å². The summed E-state index contributed by atoms with van der Waals surface area (Å²) in [6.07, 6.45) is 4.03. The van der Waals surface area contributed by atoms with E-state index in [1.54, 1.807) is 0 Å². The minimum Gasteiger partial charge on any atom is -0.296 e. The second kappa shape index (κ2) is 7.57. The van der Waals surface area contributed by atoms with E-state index in [1.165, 1.54) is 0 Å². The Bertz CT molecular complexity index is 382. The molecular formula is C12H14Cl6O2. The maximum absolute atomic E-state index is 11.1. The number of Topliss-reactive ketones (excluding diaryl/α,β-unsaturated/α-hetero) is 2. The van der Waals surface area contributed by atoms with Crippen LogP contribution in [0, 0.1) is 0 Å².